The molecule has 1 nitrogen and oxygen atoms in total. The van der Waals surface area contributed by atoms with Crippen LogP contribution in [-0.2, 0) is 6.42 Å². The van der Waals surface area contributed by atoms with Crippen LogP contribution < -0.4 is 0 Å². The lowest BCUT2D eigenvalue weighted by molar-refractivity contribution is 0.110. The first-order chi connectivity index (χ1) is 8.20. The maximum Gasteiger partial charge on any atom is 0.0595 e. The SMILES string of the molecule is CC(CC(O)Cc1ccc(Cl)c(Cl)c1)C(C)(C)C. The van der Waals surface area contributed by atoms with Crippen LogP contribution in [0.15, 0.2) is 18.2 Å². The summed E-state index contributed by atoms with van der Waals surface area (Å²) in [5, 5.41) is 11.2. The third kappa shape index (κ3) is 4.79. The van der Waals surface area contributed by atoms with E-state index in [1.807, 2.05) is 12.1 Å². The number of hydrogen-bond donors (Lipinski definition) is 1. The van der Waals surface area contributed by atoms with E-state index in [1.165, 1.54) is 0 Å². The summed E-state index contributed by atoms with van der Waals surface area (Å²) < 4.78 is 0. The molecule has 2 atom stereocenters. The van der Waals surface area contributed by atoms with Crippen LogP contribution in [0, 0.1) is 11.3 Å². The lowest BCUT2D eigenvalue weighted by Crippen LogP contribution is -2.24. The molecule has 18 heavy (non-hydrogen) atoms. The van der Waals surface area contributed by atoms with E-state index in [9.17, 15) is 5.11 Å². The zero-order chi connectivity index (χ0) is 13.9. The minimum Gasteiger partial charge on any atom is -0.393 e. The van der Waals surface area contributed by atoms with Crippen molar-refractivity contribution in [3.63, 3.8) is 0 Å². The van der Waals surface area contributed by atoms with Crippen molar-refractivity contribution in [3.8, 4) is 0 Å². The van der Waals surface area contributed by atoms with Gasteiger partial charge in [-0.3, -0.25) is 0 Å². The van der Waals surface area contributed by atoms with Crippen LogP contribution in [0.3, 0.4) is 0 Å². The zero-order valence-corrected chi connectivity index (χ0v) is 13.0. The van der Waals surface area contributed by atoms with Crippen molar-refractivity contribution >= 4 is 23.2 Å². The van der Waals surface area contributed by atoms with Crippen molar-refractivity contribution in [1.82, 2.24) is 0 Å². The van der Waals surface area contributed by atoms with Crippen LogP contribution in [0.4, 0.5) is 0 Å². The Morgan fingerprint density at radius 1 is 1.17 bits per heavy atom. The summed E-state index contributed by atoms with van der Waals surface area (Å²) in [7, 11) is 0. The first kappa shape index (κ1) is 15.8. The number of aliphatic hydroxyl groups is 1. The first-order valence-electron chi connectivity index (χ1n) is 6.32. The minimum atomic E-state index is -0.337. The molecule has 0 aromatic heterocycles. The summed E-state index contributed by atoms with van der Waals surface area (Å²) in [4.78, 5) is 0. The number of benzene rings is 1. The van der Waals surface area contributed by atoms with Gasteiger partial charge in [0.2, 0.25) is 0 Å². The second-order valence-electron chi connectivity index (χ2n) is 6.11. The molecule has 0 radical (unpaired) electrons. The second-order valence-corrected chi connectivity index (χ2v) is 6.92. The molecule has 1 rings (SSSR count). The Bertz CT molecular complexity index is 396. The molecule has 0 aliphatic carbocycles. The van der Waals surface area contributed by atoms with Gasteiger partial charge >= 0.3 is 0 Å². The van der Waals surface area contributed by atoms with Gasteiger partial charge in [0, 0.05) is 0 Å². The molecule has 2 unspecified atom stereocenters. The first-order valence-corrected chi connectivity index (χ1v) is 7.07. The molecule has 1 aromatic carbocycles. The van der Waals surface area contributed by atoms with E-state index in [1.54, 1.807) is 6.07 Å². The Hall–Kier alpha value is -0.240. The van der Waals surface area contributed by atoms with E-state index in [0.717, 1.165) is 12.0 Å². The van der Waals surface area contributed by atoms with Crippen LogP contribution in [0.25, 0.3) is 0 Å². The lowest BCUT2D eigenvalue weighted by Gasteiger charge is -2.29. The minimum absolute atomic E-state index is 0.221. The maximum atomic E-state index is 10.1. The standard InChI is InChI=1S/C15H22Cl2O/c1-10(15(2,3)4)7-12(18)8-11-5-6-13(16)14(17)9-11/h5-6,9-10,12,18H,7-8H2,1-4H3. The van der Waals surface area contributed by atoms with Crippen molar-refractivity contribution < 1.29 is 5.11 Å². The van der Waals surface area contributed by atoms with Crippen LogP contribution in [-0.4, -0.2) is 11.2 Å². The summed E-state index contributed by atoms with van der Waals surface area (Å²) >= 11 is 11.8. The summed E-state index contributed by atoms with van der Waals surface area (Å²) in [5.41, 5.74) is 1.25. The number of aliphatic hydroxyl groups excluding tert-OH is 1. The predicted molar refractivity (Wildman–Crippen MR) is 79.4 cm³/mol. The van der Waals surface area contributed by atoms with Gasteiger partial charge < -0.3 is 5.11 Å². The topological polar surface area (TPSA) is 20.2 Å². The molecule has 0 spiro atoms. The van der Waals surface area contributed by atoms with Crippen molar-refractivity contribution in [2.75, 3.05) is 0 Å². The fourth-order valence-corrected chi connectivity index (χ4v) is 2.10. The second kappa shape index (κ2) is 6.27. The third-order valence-corrected chi connectivity index (χ3v) is 4.30. The normalized spacial score (nSPS) is 15.5. The fourth-order valence-electron chi connectivity index (χ4n) is 1.78. The van der Waals surface area contributed by atoms with Crippen LogP contribution in [0.1, 0.15) is 39.7 Å². The predicted octanol–water partition coefficient (Wildman–Crippen LogP) is 4.97. The monoisotopic (exact) mass is 288 g/mol. The van der Waals surface area contributed by atoms with Gasteiger partial charge in [0.1, 0.15) is 0 Å². The summed E-state index contributed by atoms with van der Waals surface area (Å²) in [6.07, 6.45) is 1.08. The van der Waals surface area contributed by atoms with E-state index in [4.69, 9.17) is 23.2 Å². The quantitative estimate of drug-likeness (QED) is 0.829. The van der Waals surface area contributed by atoms with Gasteiger partial charge in [-0.1, -0.05) is 57.0 Å². The number of halogens is 2. The van der Waals surface area contributed by atoms with Crippen molar-refractivity contribution in [2.45, 2.75) is 46.6 Å². The van der Waals surface area contributed by atoms with Crippen LogP contribution in [0.5, 0.6) is 0 Å². The van der Waals surface area contributed by atoms with Gasteiger partial charge in [-0.25, -0.2) is 0 Å². The van der Waals surface area contributed by atoms with Crippen LogP contribution >= 0.6 is 23.2 Å². The van der Waals surface area contributed by atoms with Gasteiger partial charge in [0.15, 0.2) is 0 Å². The lowest BCUT2D eigenvalue weighted by atomic mass is 9.78. The summed E-state index contributed by atoms with van der Waals surface area (Å²) in [5.74, 6) is 0.468. The van der Waals surface area contributed by atoms with Gasteiger partial charge in [-0.2, -0.15) is 0 Å². The third-order valence-electron chi connectivity index (χ3n) is 3.56. The van der Waals surface area contributed by atoms with Crippen molar-refractivity contribution in [2.24, 2.45) is 11.3 Å². The molecule has 0 bridgehead atoms. The van der Waals surface area contributed by atoms with Crippen molar-refractivity contribution in [1.29, 1.82) is 0 Å². The van der Waals surface area contributed by atoms with Gasteiger partial charge in [-0.15, -0.1) is 0 Å². The van der Waals surface area contributed by atoms with Gasteiger partial charge in [0.25, 0.3) is 0 Å². The van der Waals surface area contributed by atoms with Crippen LogP contribution in [0.2, 0.25) is 10.0 Å². The molecule has 0 fully saturated rings. The molecular weight excluding hydrogens is 267 g/mol. The zero-order valence-electron chi connectivity index (χ0n) is 11.5. The van der Waals surface area contributed by atoms with E-state index in [0.29, 0.717) is 22.4 Å². The molecule has 0 aliphatic rings. The molecule has 0 heterocycles. The molecule has 0 aliphatic heterocycles. The smallest absolute Gasteiger partial charge is 0.0595 e. The Morgan fingerprint density at radius 3 is 2.28 bits per heavy atom. The Kier molecular flexibility index (Phi) is 5.51. The van der Waals surface area contributed by atoms with Gasteiger partial charge in [-0.05, 0) is 41.9 Å². The highest BCUT2D eigenvalue weighted by Crippen LogP contribution is 2.30. The van der Waals surface area contributed by atoms with E-state index >= 15 is 0 Å². The fraction of sp³-hybridized carbons (Fsp3) is 0.600. The molecule has 0 saturated heterocycles. The summed E-state index contributed by atoms with van der Waals surface area (Å²) in [6, 6.07) is 5.52. The summed E-state index contributed by atoms with van der Waals surface area (Å²) in [6.45, 7) is 8.77. The molecule has 1 aromatic rings. The highest BCUT2D eigenvalue weighted by atomic mass is 35.5. The number of hydrogen-bond acceptors (Lipinski definition) is 1. The highest BCUT2D eigenvalue weighted by Gasteiger charge is 2.22. The molecule has 102 valence electrons. The van der Waals surface area contributed by atoms with Crippen molar-refractivity contribution in [3.05, 3.63) is 33.8 Å². The molecule has 1 N–H and O–H groups in total. The Labute approximate surface area is 120 Å². The average molecular weight is 289 g/mol. The largest absolute Gasteiger partial charge is 0.393 e. The average Bonchev–Trinajstić information content (AvgIpc) is 2.22. The molecule has 3 heteroatoms. The number of rotatable bonds is 4. The van der Waals surface area contributed by atoms with E-state index < -0.39 is 0 Å². The maximum absolute atomic E-state index is 10.1. The Morgan fingerprint density at radius 2 is 1.78 bits per heavy atom. The molecular formula is C15H22Cl2O. The van der Waals surface area contributed by atoms with E-state index in [-0.39, 0.29) is 11.5 Å². The highest BCUT2D eigenvalue weighted by molar-refractivity contribution is 6.42. The van der Waals surface area contributed by atoms with Gasteiger partial charge in [0.05, 0.1) is 16.1 Å². The van der Waals surface area contributed by atoms with E-state index in [2.05, 4.69) is 27.7 Å². The molecule has 0 amide bonds. The Balaban J connectivity index is 2.59. The molecule has 0 saturated carbocycles.